The molecule has 1 heterocycles. The molecule has 1 fully saturated rings. The van der Waals surface area contributed by atoms with Crippen LogP contribution in [0.1, 0.15) is 25.0 Å². The minimum Gasteiger partial charge on any atom is -0.351 e. The Hall–Kier alpha value is -0.640. The highest BCUT2D eigenvalue weighted by atomic mass is 79.9. The molecule has 1 aliphatic carbocycles. The van der Waals surface area contributed by atoms with Gasteiger partial charge in [-0.05, 0) is 38.3 Å². The molecule has 1 aromatic rings. The monoisotopic (exact) mass is 269 g/mol. The number of hydrogen-bond acceptors (Lipinski definition) is 3. The molecule has 0 atom stereocenters. The van der Waals surface area contributed by atoms with Gasteiger partial charge >= 0.3 is 0 Å². The van der Waals surface area contributed by atoms with Crippen LogP contribution in [-0.2, 0) is 0 Å². The third kappa shape index (κ3) is 2.48. The predicted octanol–water partition coefficient (Wildman–Crippen LogP) is 2.54. The summed E-state index contributed by atoms with van der Waals surface area (Å²) in [6.45, 7) is 2.98. The van der Waals surface area contributed by atoms with Gasteiger partial charge in [-0.3, -0.25) is 0 Å². The molecule has 0 aliphatic heterocycles. The Morgan fingerprint density at radius 2 is 2.20 bits per heavy atom. The first-order chi connectivity index (χ1) is 7.31. The molecule has 0 unspecified atom stereocenters. The number of hydrogen-bond donors (Lipinski definition) is 0. The van der Waals surface area contributed by atoms with E-state index in [0.717, 1.165) is 23.4 Å². The molecule has 0 bridgehead atoms. The average Bonchev–Trinajstić information content (AvgIpc) is 2.16. The second kappa shape index (κ2) is 4.92. The van der Waals surface area contributed by atoms with Crippen LogP contribution in [0.25, 0.3) is 0 Å². The maximum atomic E-state index is 4.26. The molecule has 4 heteroatoms. The third-order valence-corrected chi connectivity index (χ3v) is 3.27. The highest BCUT2D eigenvalue weighted by Crippen LogP contribution is 2.28. The Labute approximate surface area is 99.0 Å². The molecular weight excluding hydrogens is 254 g/mol. The summed E-state index contributed by atoms with van der Waals surface area (Å²) in [6.07, 6.45) is 3.94. The SMILES string of the molecule is Cc1ccc(N(CCBr)C2CCC2)nn1. The van der Waals surface area contributed by atoms with Gasteiger partial charge in [-0.1, -0.05) is 15.9 Å². The number of aromatic nitrogens is 2. The van der Waals surface area contributed by atoms with Gasteiger partial charge in [-0.25, -0.2) is 0 Å². The molecule has 0 spiro atoms. The number of aryl methyl sites for hydroxylation is 1. The van der Waals surface area contributed by atoms with Crippen LogP contribution < -0.4 is 4.90 Å². The standard InChI is InChI=1S/C11H16BrN3/c1-9-5-6-11(14-13-9)15(8-7-12)10-3-2-4-10/h5-6,10H,2-4,7-8H2,1H3. The Morgan fingerprint density at radius 3 is 2.67 bits per heavy atom. The van der Waals surface area contributed by atoms with Crippen LogP contribution in [-0.4, -0.2) is 28.1 Å². The van der Waals surface area contributed by atoms with Gasteiger partial charge in [0.2, 0.25) is 0 Å². The largest absolute Gasteiger partial charge is 0.351 e. The Bertz CT molecular complexity index is 308. The smallest absolute Gasteiger partial charge is 0.151 e. The van der Waals surface area contributed by atoms with Gasteiger partial charge in [-0.2, -0.15) is 5.10 Å². The van der Waals surface area contributed by atoms with Crippen LogP contribution in [0.5, 0.6) is 0 Å². The normalized spacial score (nSPS) is 16.1. The van der Waals surface area contributed by atoms with Crippen LogP contribution in [0.15, 0.2) is 12.1 Å². The van der Waals surface area contributed by atoms with Gasteiger partial charge in [0, 0.05) is 17.9 Å². The van der Waals surface area contributed by atoms with E-state index in [-0.39, 0.29) is 0 Å². The fourth-order valence-electron chi connectivity index (χ4n) is 1.82. The van der Waals surface area contributed by atoms with Crippen molar-refractivity contribution < 1.29 is 0 Å². The first kappa shape index (κ1) is 10.9. The van der Waals surface area contributed by atoms with Crippen LogP contribution >= 0.6 is 15.9 Å². The molecule has 0 aromatic carbocycles. The Morgan fingerprint density at radius 1 is 1.40 bits per heavy atom. The highest BCUT2D eigenvalue weighted by Gasteiger charge is 2.25. The van der Waals surface area contributed by atoms with Crippen molar-refractivity contribution in [2.45, 2.75) is 32.2 Å². The van der Waals surface area contributed by atoms with Crippen molar-refractivity contribution in [3.05, 3.63) is 17.8 Å². The van der Waals surface area contributed by atoms with E-state index in [2.05, 4.69) is 37.1 Å². The highest BCUT2D eigenvalue weighted by molar-refractivity contribution is 9.09. The Kier molecular flexibility index (Phi) is 3.57. The summed E-state index contributed by atoms with van der Waals surface area (Å²) in [4.78, 5) is 2.37. The summed E-state index contributed by atoms with van der Waals surface area (Å²) >= 11 is 3.49. The zero-order valence-electron chi connectivity index (χ0n) is 8.99. The molecule has 0 radical (unpaired) electrons. The third-order valence-electron chi connectivity index (χ3n) is 2.92. The van der Waals surface area contributed by atoms with Crippen LogP contribution in [0.4, 0.5) is 5.82 Å². The van der Waals surface area contributed by atoms with E-state index in [9.17, 15) is 0 Å². The fourth-order valence-corrected chi connectivity index (χ4v) is 2.20. The number of halogens is 1. The van der Waals surface area contributed by atoms with E-state index in [1.807, 2.05) is 13.0 Å². The van der Waals surface area contributed by atoms with Crippen molar-refractivity contribution in [3.8, 4) is 0 Å². The first-order valence-corrected chi connectivity index (χ1v) is 6.56. The van der Waals surface area contributed by atoms with E-state index in [0.29, 0.717) is 6.04 Å². The van der Waals surface area contributed by atoms with Gasteiger partial charge in [0.25, 0.3) is 0 Å². The molecule has 1 saturated carbocycles. The summed E-state index contributed by atoms with van der Waals surface area (Å²) < 4.78 is 0. The molecule has 0 saturated heterocycles. The van der Waals surface area contributed by atoms with Crippen molar-refractivity contribution in [2.24, 2.45) is 0 Å². The zero-order chi connectivity index (χ0) is 10.7. The second-order valence-electron chi connectivity index (χ2n) is 4.00. The molecule has 3 nitrogen and oxygen atoms in total. The van der Waals surface area contributed by atoms with Crippen LogP contribution in [0.3, 0.4) is 0 Å². The summed E-state index contributed by atoms with van der Waals surface area (Å²) in [5, 5.41) is 9.36. The molecule has 2 rings (SSSR count). The summed E-state index contributed by atoms with van der Waals surface area (Å²) in [5.41, 5.74) is 0.978. The maximum absolute atomic E-state index is 4.26. The van der Waals surface area contributed by atoms with E-state index >= 15 is 0 Å². The quantitative estimate of drug-likeness (QED) is 0.787. The topological polar surface area (TPSA) is 29.0 Å². The van der Waals surface area contributed by atoms with Crippen molar-refractivity contribution in [1.29, 1.82) is 0 Å². The minimum atomic E-state index is 0.680. The van der Waals surface area contributed by atoms with Gasteiger partial charge in [0.05, 0.1) is 5.69 Å². The number of anilines is 1. The maximum Gasteiger partial charge on any atom is 0.151 e. The second-order valence-corrected chi connectivity index (χ2v) is 4.79. The molecule has 0 N–H and O–H groups in total. The predicted molar refractivity (Wildman–Crippen MR) is 65.5 cm³/mol. The van der Waals surface area contributed by atoms with Gasteiger partial charge < -0.3 is 4.90 Å². The van der Waals surface area contributed by atoms with Crippen molar-refractivity contribution in [3.63, 3.8) is 0 Å². The lowest BCUT2D eigenvalue weighted by Gasteiger charge is -2.37. The van der Waals surface area contributed by atoms with Crippen LogP contribution in [0.2, 0.25) is 0 Å². The molecule has 82 valence electrons. The summed E-state index contributed by atoms with van der Waals surface area (Å²) in [7, 11) is 0. The summed E-state index contributed by atoms with van der Waals surface area (Å²) in [6, 6.07) is 4.78. The van der Waals surface area contributed by atoms with E-state index < -0.39 is 0 Å². The van der Waals surface area contributed by atoms with Crippen LogP contribution in [0, 0.1) is 6.92 Å². The van der Waals surface area contributed by atoms with Crippen molar-refractivity contribution >= 4 is 21.7 Å². The van der Waals surface area contributed by atoms with E-state index in [1.165, 1.54) is 19.3 Å². The number of rotatable bonds is 4. The zero-order valence-corrected chi connectivity index (χ0v) is 10.6. The minimum absolute atomic E-state index is 0.680. The summed E-state index contributed by atoms with van der Waals surface area (Å²) in [5.74, 6) is 1.02. The molecule has 1 aromatic heterocycles. The van der Waals surface area contributed by atoms with Gasteiger partial charge in [0.1, 0.15) is 0 Å². The molecule has 1 aliphatic rings. The van der Waals surface area contributed by atoms with E-state index in [4.69, 9.17) is 0 Å². The van der Waals surface area contributed by atoms with Crippen molar-refractivity contribution in [1.82, 2.24) is 10.2 Å². The molecule has 15 heavy (non-hydrogen) atoms. The van der Waals surface area contributed by atoms with Crippen molar-refractivity contribution in [2.75, 3.05) is 16.8 Å². The van der Waals surface area contributed by atoms with Gasteiger partial charge in [-0.15, -0.1) is 5.10 Å². The lowest BCUT2D eigenvalue weighted by Crippen LogP contribution is -2.42. The number of alkyl halides is 1. The fraction of sp³-hybridized carbons (Fsp3) is 0.636. The first-order valence-electron chi connectivity index (χ1n) is 5.44. The van der Waals surface area contributed by atoms with Gasteiger partial charge in [0.15, 0.2) is 5.82 Å². The number of nitrogens with zero attached hydrogens (tertiary/aromatic N) is 3. The average molecular weight is 270 g/mol. The lowest BCUT2D eigenvalue weighted by atomic mass is 9.91. The molecular formula is C11H16BrN3. The molecule has 0 amide bonds. The van der Waals surface area contributed by atoms with E-state index in [1.54, 1.807) is 0 Å². The Balaban J connectivity index is 2.12. The lowest BCUT2D eigenvalue weighted by molar-refractivity contribution is 0.388.